The number of carbonyl (C=O) groups excluding carboxylic acids is 2. The number of nitrogens with zero attached hydrogens (tertiary/aromatic N) is 6. The summed E-state index contributed by atoms with van der Waals surface area (Å²) in [4.78, 5) is 46.2. The van der Waals surface area contributed by atoms with Gasteiger partial charge in [0.25, 0.3) is 0 Å². The molecule has 3 heterocycles. The molecule has 0 atom stereocenters. The van der Waals surface area contributed by atoms with Gasteiger partial charge in [0.1, 0.15) is 34.1 Å². The molecule has 44 heavy (non-hydrogen) atoms. The van der Waals surface area contributed by atoms with Crippen LogP contribution in [-0.4, -0.2) is 68.7 Å². The van der Waals surface area contributed by atoms with Crippen LogP contribution in [0.4, 0.5) is 15.4 Å². The molecule has 1 aromatic carbocycles. The Balaban J connectivity index is 2.04. The minimum atomic E-state index is -1.00. The summed E-state index contributed by atoms with van der Waals surface area (Å²) in [7, 11) is 3.06. The zero-order chi connectivity index (χ0) is 32.4. The van der Waals surface area contributed by atoms with E-state index in [1.165, 1.54) is 14.2 Å². The lowest BCUT2D eigenvalue weighted by atomic mass is 10.2. The van der Waals surface area contributed by atoms with E-state index in [2.05, 4.69) is 25.9 Å². The van der Waals surface area contributed by atoms with Crippen LogP contribution in [0.2, 0.25) is 0 Å². The molecular weight excluding hydrogens is 636 g/mol. The van der Waals surface area contributed by atoms with E-state index in [9.17, 15) is 9.59 Å². The number of amides is 2. The number of anilines is 1. The summed E-state index contributed by atoms with van der Waals surface area (Å²) in [5.41, 5.74) is -0.620. The second kappa shape index (κ2) is 12.6. The molecule has 4 aromatic rings. The van der Waals surface area contributed by atoms with Crippen LogP contribution in [0.1, 0.15) is 48.5 Å². The first-order valence-electron chi connectivity index (χ1n) is 13.7. The molecule has 0 saturated heterocycles. The number of para-hydroxylation sites is 1. The Morgan fingerprint density at radius 2 is 1.41 bits per heavy atom. The third-order valence-corrected chi connectivity index (χ3v) is 6.20. The molecule has 2 amide bonds. The monoisotopic (exact) mass is 670 g/mol. The number of aromatic nitrogens is 5. The van der Waals surface area contributed by atoms with Crippen molar-refractivity contribution < 1.29 is 33.3 Å². The number of imide groups is 1. The topological polar surface area (TPSA) is 140 Å². The molecule has 0 aliphatic carbocycles. The van der Waals surface area contributed by atoms with Gasteiger partial charge >= 0.3 is 12.2 Å². The molecule has 0 spiro atoms. The van der Waals surface area contributed by atoms with Gasteiger partial charge in [-0.05, 0) is 82.6 Å². The number of rotatable bonds is 7. The third-order valence-electron chi connectivity index (χ3n) is 5.67. The van der Waals surface area contributed by atoms with Crippen LogP contribution in [0.3, 0.4) is 0 Å². The number of fused-ring (bicyclic) bond motifs is 1. The first-order chi connectivity index (χ1) is 20.7. The van der Waals surface area contributed by atoms with Crippen LogP contribution >= 0.6 is 15.9 Å². The number of benzene rings is 1. The van der Waals surface area contributed by atoms with E-state index in [0.29, 0.717) is 46.1 Å². The maximum atomic E-state index is 13.4. The van der Waals surface area contributed by atoms with E-state index < -0.39 is 23.4 Å². The summed E-state index contributed by atoms with van der Waals surface area (Å²) >= 11 is 3.42. The summed E-state index contributed by atoms with van der Waals surface area (Å²) in [6, 6.07) is 10.6. The average molecular weight is 672 g/mol. The van der Waals surface area contributed by atoms with Crippen molar-refractivity contribution in [2.75, 3.05) is 25.7 Å². The summed E-state index contributed by atoms with van der Waals surface area (Å²) in [6.07, 6.45) is -2.00. The van der Waals surface area contributed by atoms with Crippen LogP contribution in [0.25, 0.3) is 28.5 Å². The minimum Gasteiger partial charge on any atom is -0.494 e. The summed E-state index contributed by atoms with van der Waals surface area (Å²) in [5, 5.41) is 0. The highest BCUT2D eigenvalue weighted by Gasteiger charge is 2.36. The molecule has 0 fully saturated rings. The second-order valence-electron chi connectivity index (χ2n) is 11.4. The molecule has 0 saturated carbocycles. The van der Waals surface area contributed by atoms with Gasteiger partial charge in [-0.25, -0.2) is 29.5 Å². The number of halogens is 1. The Kier molecular flexibility index (Phi) is 9.33. The van der Waals surface area contributed by atoms with E-state index in [-0.39, 0.29) is 21.7 Å². The van der Waals surface area contributed by atoms with Crippen molar-refractivity contribution >= 4 is 45.2 Å². The van der Waals surface area contributed by atoms with Crippen LogP contribution < -0.4 is 19.1 Å². The Morgan fingerprint density at radius 3 is 1.93 bits per heavy atom. The van der Waals surface area contributed by atoms with Crippen LogP contribution in [0.15, 0.2) is 41.0 Å². The predicted octanol–water partition coefficient (Wildman–Crippen LogP) is 6.73. The van der Waals surface area contributed by atoms with Crippen LogP contribution in [0.5, 0.6) is 17.4 Å². The highest BCUT2D eigenvalue weighted by molar-refractivity contribution is 9.10. The van der Waals surface area contributed by atoms with Crippen molar-refractivity contribution in [3.8, 4) is 34.6 Å². The fourth-order valence-electron chi connectivity index (χ4n) is 4.07. The minimum absolute atomic E-state index is 0.0410. The van der Waals surface area contributed by atoms with Crippen LogP contribution in [0, 0.1) is 0 Å². The number of ether oxygens (including phenoxy) is 5. The molecule has 0 unspecified atom stereocenters. The van der Waals surface area contributed by atoms with Crippen molar-refractivity contribution in [3.63, 3.8) is 0 Å². The van der Waals surface area contributed by atoms with E-state index in [1.807, 2.05) is 6.92 Å². The van der Waals surface area contributed by atoms with E-state index in [4.69, 9.17) is 33.7 Å². The van der Waals surface area contributed by atoms with Crippen molar-refractivity contribution in [1.82, 2.24) is 24.5 Å². The fraction of sp³-hybridized carbons (Fsp3) is 0.400. The summed E-state index contributed by atoms with van der Waals surface area (Å²) in [6.45, 7) is 12.4. The largest absolute Gasteiger partial charge is 0.494 e. The quantitative estimate of drug-likeness (QED) is 0.207. The average Bonchev–Trinajstić information content (AvgIpc) is 3.28. The van der Waals surface area contributed by atoms with E-state index >= 15 is 0 Å². The molecule has 0 bridgehead atoms. The zero-order valence-electron chi connectivity index (χ0n) is 26.1. The molecule has 3 aromatic heterocycles. The maximum absolute atomic E-state index is 13.4. The lowest BCUT2D eigenvalue weighted by Gasteiger charge is -2.28. The summed E-state index contributed by atoms with van der Waals surface area (Å²) < 4.78 is 29.8. The van der Waals surface area contributed by atoms with Gasteiger partial charge in [0, 0.05) is 6.07 Å². The first kappa shape index (κ1) is 32.5. The standard InChI is InChI=1S/C30H35BrN6O7/c1-10-42-20-16-11-13-17(32-20)24-34-23-26(36(24)21-18(40-8)14-12-15-19(21)41-9)33-22(31)25(35-23)37(27(38)43-29(2,3)4)28(39)44-30(5,6)7/h11-16H,10H2,1-9H3. The van der Waals surface area contributed by atoms with Gasteiger partial charge in [0.15, 0.2) is 21.9 Å². The van der Waals surface area contributed by atoms with Gasteiger partial charge in [0.05, 0.1) is 20.8 Å². The second-order valence-corrected chi connectivity index (χ2v) is 12.1. The third kappa shape index (κ3) is 7.01. The Morgan fingerprint density at radius 1 is 0.841 bits per heavy atom. The lowest BCUT2D eigenvalue weighted by Crippen LogP contribution is -2.44. The first-order valence-corrected chi connectivity index (χ1v) is 14.5. The van der Waals surface area contributed by atoms with Gasteiger partial charge < -0.3 is 23.7 Å². The Bertz CT molecular complexity index is 1640. The number of imidazole rings is 1. The SMILES string of the molecule is CCOc1cccc(-c2nc3nc(N(C(=O)OC(C)(C)C)C(=O)OC(C)(C)C)c(Br)nc3n2-c2c(OC)cccc2OC)n1. The molecule has 14 heteroatoms. The smallest absolute Gasteiger partial charge is 0.425 e. The van der Waals surface area contributed by atoms with E-state index in [1.54, 1.807) is 82.5 Å². The van der Waals surface area contributed by atoms with Gasteiger partial charge in [-0.1, -0.05) is 12.1 Å². The Hall–Kier alpha value is -4.46. The molecule has 0 N–H and O–H groups in total. The van der Waals surface area contributed by atoms with E-state index in [0.717, 1.165) is 0 Å². The van der Waals surface area contributed by atoms with Crippen molar-refractivity contribution in [2.24, 2.45) is 0 Å². The fourth-order valence-corrected chi connectivity index (χ4v) is 4.51. The molecule has 4 rings (SSSR count). The number of hydrogen-bond donors (Lipinski definition) is 0. The number of pyridine rings is 1. The van der Waals surface area contributed by atoms with Crippen molar-refractivity contribution in [2.45, 2.75) is 59.7 Å². The molecule has 0 aliphatic rings. The van der Waals surface area contributed by atoms with Gasteiger partial charge in [-0.2, -0.15) is 4.90 Å². The molecule has 0 aliphatic heterocycles. The van der Waals surface area contributed by atoms with Gasteiger partial charge in [-0.3, -0.25) is 4.57 Å². The van der Waals surface area contributed by atoms with Crippen molar-refractivity contribution in [3.05, 3.63) is 41.0 Å². The number of carbonyl (C=O) groups is 2. The lowest BCUT2D eigenvalue weighted by molar-refractivity contribution is 0.0428. The molecule has 13 nitrogen and oxygen atoms in total. The highest BCUT2D eigenvalue weighted by Crippen LogP contribution is 2.39. The number of hydrogen-bond acceptors (Lipinski definition) is 11. The van der Waals surface area contributed by atoms with Gasteiger partial charge in [-0.15, -0.1) is 0 Å². The molecular formula is C30H35BrN6O7. The molecule has 0 radical (unpaired) electrons. The maximum Gasteiger partial charge on any atom is 0.425 e. The van der Waals surface area contributed by atoms with Gasteiger partial charge in [0.2, 0.25) is 11.5 Å². The zero-order valence-corrected chi connectivity index (χ0v) is 27.7. The Labute approximate surface area is 263 Å². The van der Waals surface area contributed by atoms with Crippen LogP contribution in [-0.2, 0) is 9.47 Å². The van der Waals surface area contributed by atoms with Crippen molar-refractivity contribution in [1.29, 1.82) is 0 Å². The summed E-state index contributed by atoms with van der Waals surface area (Å²) in [5.74, 6) is 1.43. The molecule has 234 valence electrons. The number of methoxy groups -OCH3 is 2. The normalized spacial score (nSPS) is 11.7. The highest BCUT2D eigenvalue weighted by atomic mass is 79.9. The predicted molar refractivity (Wildman–Crippen MR) is 167 cm³/mol.